The quantitative estimate of drug-likeness (QED) is 0.198. The predicted molar refractivity (Wildman–Crippen MR) is 155 cm³/mol. The van der Waals surface area contributed by atoms with Gasteiger partial charge >= 0.3 is 0 Å². The summed E-state index contributed by atoms with van der Waals surface area (Å²) < 4.78 is 1.67. The van der Waals surface area contributed by atoms with E-state index in [1.165, 1.54) is 19.3 Å². The molecule has 2 aliphatic rings. The highest BCUT2D eigenvalue weighted by Crippen LogP contribution is 2.52. The molecule has 0 fully saturated rings. The van der Waals surface area contributed by atoms with Gasteiger partial charge in [0.1, 0.15) is 11.1 Å². The molecule has 1 N–H and O–H groups in total. The number of halogens is 3. The molecule has 5 rings (SSSR count). The van der Waals surface area contributed by atoms with Gasteiger partial charge in [-0.3, -0.25) is 9.59 Å². The van der Waals surface area contributed by atoms with Crippen molar-refractivity contribution in [1.82, 2.24) is 15.0 Å². The second-order valence-electron chi connectivity index (χ2n) is 10.0. The number of alkyl halides is 1. The van der Waals surface area contributed by atoms with Crippen LogP contribution in [0.25, 0.3) is 0 Å². The summed E-state index contributed by atoms with van der Waals surface area (Å²) in [4.78, 5) is 29.2. The van der Waals surface area contributed by atoms with E-state index in [0.717, 1.165) is 41.4 Å². The summed E-state index contributed by atoms with van der Waals surface area (Å²) in [6.45, 7) is 2.55. The fraction of sp³-hybridized carbons (Fsp3) is 0.429. The molecule has 0 bridgehead atoms. The summed E-state index contributed by atoms with van der Waals surface area (Å²) in [5.74, 6) is 0.0465. The summed E-state index contributed by atoms with van der Waals surface area (Å²) in [6, 6.07) is 12.7. The number of unbranched alkanes of at least 4 members (excludes halogenated alkanes) is 5. The minimum atomic E-state index is -1.26. The molecule has 3 aromatic rings. The molecule has 1 unspecified atom stereocenters. The summed E-state index contributed by atoms with van der Waals surface area (Å²) in [5.41, 5.74) is 1.67. The second kappa shape index (κ2) is 11.4. The molecule has 2 aromatic carbocycles. The van der Waals surface area contributed by atoms with Crippen molar-refractivity contribution < 1.29 is 9.59 Å². The van der Waals surface area contributed by atoms with Crippen LogP contribution in [0.2, 0.25) is 10.0 Å². The molecule has 2 amide bonds. The first-order chi connectivity index (χ1) is 18.4. The standard InChI is InChI=1S/C28H30BrCl2N5O2/c1-18(19-8-10-20(30)11-9-19)36-26-25(33-34-36)28(17-24(37)32-26)22-16-21(31)12-13-23(22)35(27(28)38)15-7-5-3-2-4-6-14-29/h8-13,16,18H,2-7,14-15,17H2,1H3,(H,32,37)/t18?,28-/m1/s1. The SMILES string of the molecule is CC(c1ccc(Cl)cc1)n1nnc2c1NC(=O)C[C@]21C(=O)N(CCCCCCCCBr)c2ccc(Cl)cc21. The van der Waals surface area contributed by atoms with Crippen LogP contribution in [0, 0.1) is 0 Å². The van der Waals surface area contributed by atoms with Gasteiger partial charge in [0, 0.05) is 27.6 Å². The molecule has 3 heterocycles. The largest absolute Gasteiger partial charge is 0.311 e. The van der Waals surface area contributed by atoms with Crippen molar-refractivity contribution in [3.05, 3.63) is 69.3 Å². The maximum absolute atomic E-state index is 14.3. The third kappa shape index (κ3) is 4.87. The minimum Gasteiger partial charge on any atom is -0.311 e. The average molecular weight is 619 g/mol. The first-order valence-corrected chi connectivity index (χ1v) is 14.9. The van der Waals surface area contributed by atoms with Gasteiger partial charge in [-0.2, -0.15) is 0 Å². The van der Waals surface area contributed by atoms with Crippen LogP contribution in [0.3, 0.4) is 0 Å². The summed E-state index contributed by atoms with van der Waals surface area (Å²) in [5, 5.41) is 14.1. The summed E-state index contributed by atoms with van der Waals surface area (Å²) in [7, 11) is 0. The third-order valence-corrected chi connectivity index (χ3v) is 8.63. The number of hydrogen-bond acceptors (Lipinski definition) is 4. The Kier molecular flexibility index (Phi) is 8.12. The van der Waals surface area contributed by atoms with Gasteiger partial charge in [0.15, 0.2) is 5.82 Å². The van der Waals surface area contributed by atoms with Crippen LogP contribution in [0.4, 0.5) is 11.5 Å². The number of nitrogens with one attached hydrogen (secondary N) is 1. The molecule has 38 heavy (non-hydrogen) atoms. The molecule has 2 atom stereocenters. The highest BCUT2D eigenvalue weighted by molar-refractivity contribution is 9.09. The number of benzene rings is 2. The van der Waals surface area contributed by atoms with Crippen molar-refractivity contribution >= 4 is 62.5 Å². The number of hydrogen-bond donors (Lipinski definition) is 1. The first kappa shape index (κ1) is 27.2. The molecule has 7 nitrogen and oxygen atoms in total. The van der Waals surface area contributed by atoms with E-state index in [1.54, 1.807) is 16.8 Å². The number of anilines is 2. The molecule has 200 valence electrons. The van der Waals surface area contributed by atoms with Gasteiger partial charge in [-0.15, -0.1) is 5.10 Å². The maximum atomic E-state index is 14.3. The van der Waals surface area contributed by atoms with Crippen LogP contribution in [0.1, 0.15) is 74.7 Å². The lowest BCUT2D eigenvalue weighted by molar-refractivity contribution is -0.126. The lowest BCUT2D eigenvalue weighted by Gasteiger charge is -2.31. The Balaban J connectivity index is 1.48. The number of amides is 2. The number of carbonyl (C=O) groups is 2. The number of aromatic nitrogens is 3. The van der Waals surface area contributed by atoms with E-state index >= 15 is 0 Å². The average Bonchev–Trinajstić information content (AvgIpc) is 3.42. The zero-order chi connectivity index (χ0) is 26.9. The fourth-order valence-electron chi connectivity index (χ4n) is 5.59. The van der Waals surface area contributed by atoms with Crippen LogP contribution in [-0.2, 0) is 15.0 Å². The topological polar surface area (TPSA) is 80.1 Å². The van der Waals surface area contributed by atoms with Crippen molar-refractivity contribution in [3.63, 3.8) is 0 Å². The van der Waals surface area contributed by atoms with E-state index in [4.69, 9.17) is 23.2 Å². The highest BCUT2D eigenvalue weighted by Gasteiger charge is 2.58. The Hall–Kier alpha value is -2.42. The van der Waals surface area contributed by atoms with Gasteiger partial charge in [0.25, 0.3) is 0 Å². The van der Waals surface area contributed by atoms with Crippen LogP contribution >= 0.6 is 39.1 Å². The number of nitrogens with zero attached hydrogens (tertiary/aromatic N) is 4. The maximum Gasteiger partial charge on any atom is 0.244 e. The van der Waals surface area contributed by atoms with E-state index in [1.807, 2.05) is 42.2 Å². The van der Waals surface area contributed by atoms with Crippen LogP contribution in [0.15, 0.2) is 42.5 Å². The molecular formula is C28H30BrCl2N5O2. The second-order valence-corrected chi connectivity index (χ2v) is 11.7. The minimum absolute atomic E-state index is 0.0385. The van der Waals surface area contributed by atoms with Gasteiger partial charge < -0.3 is 10.2 Å². The van der Waals surface area contributed by atoms with Gasteiger partial charge in [-0.25, -0.2) is 4.68 Å². The Labute approximate surface area is 241 Å². The van der Waals surface area contributed by atoms with Crippen molar-refractivity contribution in [1.29, 1.82) is 0 Å². The van der Waals surface area contributed by atoms with E-state index in [0.29, 0.717) is 28.1 Å². The monoisotopic (exact) mass is 617 g/mol. The molecule has 0 saturated carbocycles. The van der Waals surface area contributed by atoms with Crippen molar-refractivity contribution in [2.45, 2.75) is 63.3 Å². The third-order valence-electron chi connectivity index (χ3n) is 7.59. The van der Waals surface area contributed by atoms with Crippen LogP contribution < -0.4 is 10.2 Å². The zero-order valence-electron chi connectivity index (χ0n) is 21.2. The summed E-state index contributed by atoms with van der Waals surface area (Å²) in [6.07, 6.45) is 6.61. The van der Waals surface area contributed by atoms with Crippen molar-refractivity contribution in [2.75, 3.05) is 22.1 Å². The highest BCUT2D eigenvalue weighted by atomic mass is 79.9. The van der Waals surface area contributed by atoms with Crippen LogP contribution in [0.5, 0.6) is 0 Å². The van der Waals surface area contributed by atoms with E-state index < -0.39 is 5.41 Å². The number of rotatable bonds is 10. The normalized spacial score (nSPS) is 19.0. The smallest absolute Gasteiger partial charge is 0.244 e. The van der Waals surface area contributed by atoms with Gasteiger partial charge in [-0.1, -0.05) is 82.2 Å². The Bertz CT molecular complexity index is 1350. The molecule has 0 aliphatic carbocycles. The first-order valence-electron chi connectivity index (χ1n) is 13.1. The molecule has 2 aliphatic heterocycles. The molecule has 1 spiro atoms. The van der Waals surface area contributed by atoms with Gasteiger partial charge in [-0.05, 0) is 61.2 Å². The number of carbonyl (C=O) groups excluding carboxylic acids is 2. The lowest BCUT2D eigenvalue weighted by Crippen LogP contribution is -2.47. The number of fused-ring (bicyclic) bond motifs is 4. The zero-order valence-corrected chi connectivity index (χ0v) is 24.3. The van der Waals surface area contributed by atoms with Crippen molar-refractivity contribution in [2.24, 2.45) is 0 Å². The molecule has 0 saturated heterocycles. The predicted octanol–water partition coefficient (Wildman–Crippen LogP) is 6.90. The van der Waals surface area contributed by atoms with Crippen molar-refractivity contribution in [3.8, 4) is 0 Å². The fourth-order valence-corrected chi connectivity index (χ4v) is 6.28. The molecular weight excluding hydrogens is 589 g/mol. The van der Waals surface area contributed by atoms with E-state index in [2.05, 4.69) is 31.6 Å². The molecule has 1 aromatic heterocycles. The van der Waals surface area contributed by atoms with Gasteiger partial charge in [0.2, 0.25) is 11.8 Å². The Morgan fingerprint density at radius 2 is 1.68 bits per heavy atom. The van der Waals surface area contributed by atoms with E-state index in [9.17, 15) is 9.59 Å². The summed E-state index contributed by atoms with van der Waals surface area (Å²) >= 11 is 16.0. The van der Waals surface area contributed by atoms with Crippen LogP contribution in [-0.4, -0.2) is 38.7 Å². The van der Waals surface area contributed by atoms with E-state index in [-0.39, 0.29) is 24.3 Å². The Morgan fingerprint density at radius 1 is 1.00 bits per heavy atom. The Morgan fingerprint density at radius 3 is 2.42 bits per heavy atom. The lowest BCUT2D eigenvalue weighted by atomic mass is 9.73. The van der Waals surface area contributed by atoms with Gasteiger partial charge in [0.05, 0.1) is 12.5 Å². The molecule has 0 radical (unpaired) electrons. The molecule has 10 heteroatoms.